The van der Waals surface area contributed by atoms with Gasteiger partial charge < -0.3 is 5.32 Å². The number of pyridine rings is 1. The molecule has 0 spiro atoms. The summed E-state index contributed by atoms with van der Waals surface area (Å²) in [5, 5.41) is 11.9. The maximum absolute atomic E-state index is 12.3. The number of nitrogens with zero attached hydrogens (tertiary/aromatic N) is 3. The van der Waals surface area contributed by atoms with Crippen molar-refractivity contribution < 1.29 is 4.79 Å². The first-order valence-electron chi connectivity index (χ1n) is 6.73. The number of benzene rings is 1. The number of carbonyl (C=O) groups is 1. The number of anilines is 2. The molecule has 5 heteroatoms. The summed E-state index contributed by atoms with van der Waals surface area (Å²) in [7, 11) is 0. The minimum atomic E-state index is -0.232. The van der Waals surface area contributed by atoms with E-state index in [-0.39, 0.29) is 6.03 Å². The fourth-order valence-electron chi connectivity index (χ4n) is 2.50. The van der Waals surface area contributed by atoms with Gasteiger partial charge in [-0.3, -0.25) is 4.90 Å². The van der Waals surface area contributed by atoms with Gasteiger partial charge in [0.1, 0.15) is 5.82 Å². The minimum absolute atomic E-state index is 0.232. The second-order valence-electron chi connectivity index (χ2n) is 4.93. The Kier molecular flexibility index (Phi) is 3.07. The second kappa shape index (κ2) is 4.91. The van der Waals surface area contributed by atoms with Crippen LogP contribution in [0, 0.1) is 18.3 Å². The third-order valence-corrected chi connectivity index (χ3v) is 3.50. The second-order valence-corrected chi connectivity index (χ2v) is 4.93. The summed E-state index contributed by atoms with van der Waals surface area (Å²) in [6.45, 7) is 4.39. The summed E-state index contributed by atoms with van der Waals surface area (Å²) in [6.07, 6.45) is 1.75. The van der Waals surface area contributed by atoms with E-state index in [1.165, 1.54) is 0 Å². The number of aromatic nitrogens is 1. The van der Waals surface area contributed by atoms with Gasteiger partial charge in [0.15, 0.2) is 0 Å². The molecule has 0 saturated heterocycles. The Morgan fingerprint density at radius 3 is 2.86 bits per heavy atom. The maximum atomic E-state index is 12.3. The summed E-state index contributed by atoms with van der Waals surface area (Å²) in [4.78, 5) is 18.4. The zero-order valence-corrected chi connectivity index (χ0v) is 11.8. The number of nitriles is 1. The Labute approximate surface area is 122 Å². The van der Waals surface area contributed by atoms with Crippen LogP contribution < -0.4 is 10.2 Å². The Bertz CT molecular complexity index is 776. The molecule has 0 aliphatic carbocycles. The Hall–Kier alpha value is -2.87. The van der Waals surface area contributed by atoms with Crippen LogP contribution in [0.5, 0.6) is 0 Å². The fraction of sp³-hybridized carbons (Fsp3) is 0.188. The number of hydrogen-bond donors (Lipinski definition) is 1. The standard InChI is InChI=1S/C16H14N4O/c1-3-20-15-13(6-10(2)9-18-15)12-5-4-11(8-17)7-14(12)19-16(20)21/h4-7,9H,3H2,1-2H3,(H,19,21). The lowest BCUT2D eigenvalue weighted by Gasteiger charge is -2.19. The number of nitrogens with one attached hydrogen (secondary N) is 1. The Morgan fingerprint density at radius 1 is 1.33 bits per heavy atom. The van der Waals surface area contributed by atoms with Gasteiger partial charge in [0.05, 0.1) is 17.3 Å². The van der Waals surface area contributed by atoms with Gasteiger partial charge in [0.2, 0.25) is 0 Å². The number of aryl methyl sites for hydroxylation is 1. The van der Waals surface area contributed by atoms with Crippen molar-refractivity contribution in [3.05, 3.63) is 41.6 Å². The molecule has 0 bridgehead atoms. The third kappa shape index (κ3) is 2.11. The summed E-state index contributed by atoms with van der Waals surface area (Å²) in [5.74, 6) is 0.643. The zero-order valence-electron chi connectivity index (χ0n) is 11.8. The Morgan fingerprint density at radius 2 is 2.14 bits per heavy atom. The fourth-order valence-corrected chi connectivity index (χ4v) is 2.50. The van der Waals surface area contributed by atoms with E-state index in [2.05, 4.69) is 16.4 Å². The van der Waals surface area contributed by atoms with E-state index in [4.69, 9.17) is 5.26 Å². The molecular formula is C16H14N4O. The molecule has 2 aromatic rings. The third-order valence-electron chi connectivity index (χ3n) is 3.50. The van der Waals surface area contributed by atoms with Crippen LogP contribution >= 0.6 is 0 Å². The summed E-state index contributed by atoms with van der Waals surface area (Å²) in [5.41, 5.74) is 3.96. The van der Waals surface area contributed by atoms with Crippen LogP contribution in [0.1, 0.15) is 18.1 Å². The van der Waals surface area contributed by atoms with E-state index in [0.29, 0.717) is 23.6 Å². The van der Waals surface area contributed by atoms with Crippen LogP contribution in [0.25, 0.3) is 11.1 Å². The van der Waals surface area contributed by atoms with Gasteiger partial charge in [-0.15, -0.1) is 0 Å². The molecule has 0 fully saturated rings. The van der Waals surface area contributed by atoms with E-state index < -0.39 is 0 Å². The molecule has 3 rings (SSSR count). The smallest absolute Gasteiger partial charge is 0.307 e. The van der Waals surface area contributed by atoms with Gasteiger partial charge in [-0.1, -0.05) is 6.07 Å². The lowest BCUT2D eigenvalue weighted by atomic mass is 10.0. The number of fused-ring (bicyclic) bond motifs is 3. The largest absolute Gasteiger partial charge is 0.327 e. The average Bonchev–Trinajstić information content (AvgIpc) is 2.60. The number of rotatable bonds is 1. The highest BCUT2D eigenvalue weighted by Gasteiger charge is 2.25. The van der Waals surface area contributed by atoms with Gasteiger partial charge in [-0.05, 0) is 37.6 Å². The topological polar surface area (TPSA) is 69.0 Å². The highest BCUT2D eigenvalue weighted by Crippen LogP contribution is 2.38. The highest BCUT2D eigenvalue weighted by molar-refractivity contribution is 6.09. The van der Waals surface area contributed by atoms with Crippen molar-refractivity contribution in [1.29, 1.82) is 5.26 Å². The summed E-state index contributed by atoms with van der Waals surface area (Å²) in [6, 6.07) is 9.17. The van der Waals surface area contributed by atoms with E-state index in [1.54, 1.807) is 23.2 Å². The molecule has 1 aromatic carbocycles. The first-order chi connectivity index (χ1) is 10.1. The van der Waals surface area contributed by atoms with Gasteiger partial charge in [0, 0.05) is 23.9 Å². The van der Waals surface area contributed by atoms with Crippen molar-refractivity contribution in [1.82, 2.24) is 4.98 Å². The molecule has 1 aromatic heterocycles. The van der Waals surface area contributed by atoms with Crippen LogP contribution in [0.4, 0.5) is 16.3 Å². The molecule has 2 amide bonds. The molecule has 0 radical (unpaired) electrons. The molecule has 1 N–H and O–H groups in total. The lowest BCUT2D eigenvalue weighted by Crippen LogP contribution is -2.34. The van der Waals surface area contributed by atoms with Crippen LogP contribution in [-0.4, -0.2) is 17.6 Å². The quantitative estimate of drug-likeness (QED) is 0.870. The van der Waals surface area contributed by atoms with Crippen molar-refractivity contribution in [2.75, 3.05) is 16.8 Å². The molecule has 2 heterocycles. The van der Waals surface area contributed by atoms with Gasteiger partial charge in [-0.2, -0.15) is 5.26 Å². The van der Waals surface area contributed by atoms with E-state index in [0.717, 1.165) is 16.7 Å². The summed E-state index contributed by atoms with van der Waals surface area (Å²) >= 11 is 0. The van der Waals surface area contributed by atoms with Crippen LogP contribution in [0.3, 0.4) is 0 Å². The lowest BCUT2D eigenvalue weighted by molar-refractivity contribution is 0.257. The summed E-state index contributed by atoms with van der Waals surface area (Å²) < 4.78 is 0. The van der Waals surface area contributed by atoms with Crippen molar-refractivity contribution in [2.24, 2.45) is 0 Å². The number of urea groups is 1. The molecule has 0 saturated carbocycles. The molecule has 1 aliphatic heterocycles. The minimum Gasteiger partial charge on any atom is -0.307 e. The van der Waals surface area contributed by atoms with Crippen molar-refractivity contribution in [3.63, 3.8) is 0 Å². The molecule has 0 atom stereocenters. The first kappa shape index (κ1) is 13.1. The SMILES string of the molecule is CCN1C(=O)Nc2cc(C#N)ccc2-c2cc(C)cnc21. The van der Waals surface area contributed by atoms with Crippen molar-refractivity contribution in [2.45, 2.75) is 13.8 Å². The van der Waals surface area contributed by atoms with Gasteiger partial charge in [-0.25, -0.2) is 9.78 Å². The molecule has 0 unspecified atom stereocenters. The molecule has 5 nitrogen and oxygen atoms in total. The van der Waals surface area contributed by atoms with Crippen molar-refractivity contribution in [3.8, 4) is 17.2 Å². The van der Waals surface area contributed by atoms with Crippen LogP contribution in [0.15, 0.2) is 30.5 Å². The zero-order chi connectivity index (χ0) is 15.0. The highest BCUT2D eigenvalue weighted by atomic mass is 16.2. The van der Waals surface area contributed by atoms with Gasteiger partial charge >= 0.3 is 6.03 Å². The van der Waals surface area contributed by atoms with Gasteiger partial charge in [0.25, 0.3) is 0 Å². The number of amides is 2. The monoisotopic (exact) mass is 278 g/mol. The Balaban J connectivity index is 2.31. The predicted octanol–water partition coefficient (Wildman–Crippen LogP) is 3.30. The maximum Gasteiger partial charge on any atom is 0.327 e. The molecular weight excluding hydrogens is 264 g/mol. The first-order valence-corrected chi connectivity index (χ1v) is 6.73. The molecule has 104 valence electrons. The normalized spacial score (nSPS) is 12.8. The number of hydrogen-bond acceptors (Lipinski definition) is 3. The van der Waals surface area contributed by atoms with Crippen LogP contribution in [-0.2, 0) is 0 Å². The van der Waals surface area contributed by atoms with Crippen LogP contribution in [0.2, 0.25) is 0 Å². The molecule has 21 heavy (non-hydrogen) atoms. The van der Waals surface area contributed by atoms with Crippen molar-refractivity contribution >= 4 is 17.5 Å². The van der Waals surface area contributed by atoms with E-state index in [1.807, 2.05) is 26.0 Å². The number of carbonyl (C=O) groups excluding carboxylic acids is 1. The predicted molar refractivity (Wildman–Crippen MR) is 81.2 cm³/mol. The molecule has 1 aliphatic rings. The van der Waals surface area contributed by atoms with E-state index >= 15 is 0 Å². The average molecular weight is 278 g/mol. The van der Waals surface area contributed by atoms with E-state index in [9.17, 15) is 4.79 Å².